The maximum atomic E-state index is 12.3. The van der Waals surface area contributed by atoms with Crippen molar-refractivity contribution in [3.8, 4) is 0 Å². The topological polar surface area (TPSA) is 71.2 Å². The van der Waals surface area contributed by atoms with E-state index in [1.807, 2.05) is 12.1 Å². The Hall–Kier alpha value is -1.76. The van der Waals surface area contributed by atoms with Gasteiger partial charge in [0.25, 0.3) is 5.91 Å². The van der Waals surface area contributed by atoms with Gasteiger partial charge in [-0.1, -0.05) is 24.3 Å². The summed E-state index contributed by atoms with van der Waals surface area (Å²) in [6.07, 6.45) is 0.711. The van der Waals surface area contributed by atoms with Crippen molar-refractivity contribution in [2.45, 2.75) is 39.4 Å². The minimum atomic E-state index is -0.137. The third kappa shape index (κ3) is 5.12. The van der Waals surface area contributed by atoms with E-state index in [1.165, 1.54) is 16.9 Å². The van der Waals surface area contributed by atoms with E-state index in [0.29, 0.717) is 31.2 Å². The number of amides is 1. The zero-order valence-electron chi connectivity index (χ0n) is 14.6. The van der Waals surface area contributed by atoms with Crippen LogP contribution in [-0.2, 0) is 19.5 Å². The Morgan fingerprint density at radius 2 is 2.04 bits per heavy atom. The van der Waals surface area contributed by atoms with Gasteiger partial charge in [0.2, 0.25) is 0 Å². The van der Waals surface area contributed by atoms with E-state index in [0.717, 1.165) is 17.1 Å². The van der Waals surface area contributed by atoms with E-state index < -0.39 is 0 Å². The van der Waals surface area contributed by atoms with Gasteiger partial charge in [0.15, 0.2) is 0 Å². The fourth-order valence-corrected chi connectivity index (χ4v) is 3.05. The van der Waals surface area contributed by atoms with Crippen molar-refractivity contribution >= 4 is 17.2 Å². The monoisotopic (exact) mass is 346 g/mol. The molecule has 2 rings (SSSR count). The van der Waals surface area contributed by atoms with Gasteiger partial charge in [-0.15, -0.1) is 11.3 Å². The Morgan fingerprint density at radius 3 is 2.71 bits per heavy atom. The summed E-state index contributed by atoms with van der Waals surface area (Å²) in [4.78, 5) is 18.9. The van der Waals surface area contributed by atoms with E-state index >= 15 is 0 Å². The van der Waals surface area contributed by atoms with Gasteiger partial charge in [0.05, 0.1) is 5.01 Å². The highest BCUT2D eigenvalue weighted by Gasteiger charge is 2.12. The lowest BCUT2D eigenvalue weighted by Gasteiger charge is -2.22. The number of carbonyl (C=O) groups is 1. The number of benzene rings is 1. The molecule has 0 unspecified atom stereocenters. The molecule has 1 heterocycles. The minimum Gasteiger partial charge on any atom is -0.347 e. The fraction of sp³-hybridized carbons (Fsp3) is 0.444. The largest absolute Gasteiger partial charge is 0.347 e. The Balaban J connectivity index is 1.99. The summed E-state index contributed by atoms with van der Waals surface area (Å²) < 4.78 is 0. The van der Waals surface area contributed by atoms with Crippen LogP contribution in [0.3, 0.4) is 0 Å². The second kappa shape index (κ2) is 8.92. The molecule has 0 fully saturated rings. The van der Waals surface area contributed by atoms with Crippen LogP contribution in [0.1, 0.15) is 40.5 Å². The molecule has 3 N–H and O–H groups in total. The highest BCUT2D eigenvalue weighted by Crippen LogP contribution is 2.14. The second-order valence-electron chi connectivity index (χ2n) is 6.13. The summed E-state index contributed by atoms with van der Waals surface area (Å²) in [5.41, 5.74) is 8.36. The van der Waals surface area contributed by atoms with Crippen LogP contribution in [0.25, 0.3) is 0 Å². The van der Waals surface area contributed by atoms with Gasteiger partial charge >= 0.3 is 0 Å². The van der Waals surface area contributed by atoms with Crippen LogP contribution < -0.4 is 11.1 Å². The fourth-order valence-electron chi connectivity index (χ4n) is 2.26. The zero-order chi connectivity index (χ0) is 17.5. The van der Waals surface area contributed by atoms with Gasteiger partial charge in [0.1, 0.15) is 5.69 Å². The quantitative estimate of drug-likeness (QED) is 0.770. The summed E-state index contributed by atoms with van der Waals surface area (Å²) >= 11 is 1.48. The highest BCUT2D eigenvalue weighted by atomic mass is 32.1. The van der Waals surface area contributed by atoms with Crippen molar-refractivity contribution in [2.75, 3.05) is 13.6 Å². The number of hydrogen-bond donors (Lipinski definition) is 2. The molecule has 6 heteroatoms. The highest BCUT2D eigenvalue weighted by molar-refractivity contribution is 7.09. The predicted molar refractivity (Wildman–Crippen MR) is 99.1 cm³/mol. The lowest BCUT2D eigenvalue weighted by atomic mass is 10.1. The Labute approximate surface area is 147 Å². The summed E-state index contributed by atoms with van der Waals surface area (Å²) in [5.74, 6) is -0.137. The number of nitrogens with one attached hydrogen (secondary N) is 1. The Bertz CT molecular complexity index is 669. The molecule has 1 amide bonds. The molecular formula is C18H26N4OS. The molecule has 0 saturated carbocycles. The van der Waals surface area contributed by atoms with E-state index in [9.17, 15) is 4.79 Å². The number of hydrogen-bond acceptors (Lipinski definition) is 5. The molecule has 0 atom stereocenters. The van der Waals surface area contributed by atoms with Crippen LogP contribution >= 0.6 is 11.3 Å². The van der Waals surface area contributed by atoms with Gasteiger partial charge in [0, 0.05) is 30.9 Å². The molecule has 0 aliphatic carbocycles. The van der Waals surface area contributed by atoms with Crippen LogP contribution in [0.2, 0.25) is 0 Å². The van der Waals surface area contributed by atoms with Crippen molar-refractivity contribution in [2.24, 2.45) is 5.73 Å². The van der Waals surface area contributed by atoms with E-state index in [-0.39, 0.29) is 5.91 Å². The first-order valence-corrected chi connectivity index (χ1v) is 9.09. The Kier molecular flexibility index (Phi) is 6.90. The normalized spacial score (nSPS) is 11.2. The van der Waals surface area contributed by atoms with E-state index in [4.69, 9.17) is 5.73 Å². The van der Waals surface area contributed by atoms with Crippen LogP contribution in [0, 0.1) is 0 Å². The molecular weight excluding hydrogens is 320 g/mol. The summed E-state index contributed by atoms with van der Waals surface area (Å²) in [7, 11) is 2.11. The van der Waals surface area contributed by atoms with E-state index in [2.05, 4.69) is 48.2 Å². The number of carbonyl (C=O) groups excluding carboxylic acids is 1. The van der Waals surface area contributed by atoms with E-state index in [1.54, 1.807) is 5.38 Å². The standard InChI is InChI=1S/C18H26N4OS/c1-13(2)22(3)11-15-7-5-4-6-14(15)10-20-18(23)16-12-24-17(21-16)8-9-19/h4-7,12-13H,8-11,19H2,1-3H3,(H,20,23). The predicted octanol–water partition coefficient (Wildman–Crippen LogP) is 2.41. The molecule has 130 valence electrons. The van der Waals surface area contributed by atoms with Gasteiger partial charge in [-0.25, -0.2) is 4.98 Å². The Morgan fingerprint density at radius 1 is 1.33 bits per heavy atom. The van der Waals surface area contributed by atoms with Crippen molar-refractivity contribution in [3.63, 3.8) is 0 Å². The molecule has 24 heavy (non-hydrogen) atoms. The summed E-state index contributed by atoms with van der Waals surface area (Å²) in [6, 6.07) is 8.69. The molecule has 0 radical (unpaired) electrons. The van der Waals surface area contributed by atoms with Crippen molar-refractivity contribution in [1.29, 1.82) is 0 Å². The van der Waals surface area contributed by atoms with Crippen LogP contribution in [0.15, 0.2) is 29.6 Å². The molecule has 1 aromatic carbocycles. The third-order valence-corrected chi connectivity index (χ3v) is 4.91. The second-order valence-corrected chi connectivity index (χ2v) is 7.07. The first kappa shape index (κ1) is 18.6. The maximum Gasteiger partial charge on any atom is 0.271 e. The molecule has 0 aliphatic rings. The molecule has 0 bridgehead atoms. The van der Waals surface area contributed by atoms with Gasteiger partial charge in [-0.2, -0.15) is 0 Å². The number of rotatable bonds is 8. The van der Waals surface area contributed by atoms with Gasteiger partial charge in [-0.05, 0) is 38.6 Å². The van der Waals surface area contributed by atoms with Crippen molar-refractivity contribution in [1.82, 2.24) is 15.2 Å². The SMILES string of the molecule is CC(C)N(C)Cc1ccccc1CNC(=O)c1csc(CCN)n1. The van der Waals surface area contributed by atoms with Crippen molar-refractivity contribution < 1.29 is 4.79 Å². The van der Waals surface area contributed by atoms with Gasteiger partial charge in [-0.3, -0.25) is 9.69 Å². The maximum absolute atomic E-state index is 12.3. The summed E-state index contributed by atoms with van der Waals surface area (Å²) in [6.45, 7) is 6.26. The number of nitrogens with two attached hydrogens (primary N) is 1. The molecule has 0 aliphatic heterocycles. The number of nitrogens with zero attached hydrogens (tertiary/aromatic N) is 2. The average Bonchev–Trinajstić information content (AvgIpc) is 3.02. The zero-order valence-corrected chi connectivity index (χ0v) is 15.4. The third-order valence-electron chi connectivity index (χ3n) is 4.00. The van der Waals surface area contributed by atoms with Crippen LogP contribution in [0.4, 0.5) is 0 Å². The molecule has 0 saturated heterocycles. The molecule has 0 spiro atoms. The summed E-state index contributed by atoms with van der Waals surface area (Å²) in [5, 5.41) is 5.66. The number of thiazole rings is 1. The average molecular weight is 347 g/mol. The van der Waals surface area contributed by atoms with Crippen molar-refractivity contribution in [3.05, 3.63) is 51.5 Å². The first-order chi connectivity index (χ1) is 11.5. The molecule has 5 nitrogen and oxygen atoms in total. The van der Waals surface area contributed by atoms with Crippen LogP contribution in [-0.4, -0.2) is 35.4 Å². The molecule has 2 aromatic rings. The lowest BCUT2D eigenvalue weighted by Crippen LogP contribution is -2.27. The number of aromatic nitrogens is 1. The minimum absolute atomic E-state index is 0.137. The van der Waals surface area contributed by atoms with Gasteiger partial charge < -0.3 is 11.1 Å². The smallest absolute Gasteiger partial charge is 0.271 e. The first-order valence-electron chi connectivity index (χ1n) is 8.21. The van der Waals surface area contributed by atoms with Crippen LogP contribution in [0.5, 0.6) is 0 Å². The lowest BCUT2D eigenvalue weighted by molar-refractivity contribution is 0.0946. The molecule has 1 aromatic heterocycles.